The number of hydrogen-bond acceptors (Lipinski definition) is 6. The molecule has 0 unspecified atom stereocenters. The predicted molar refractivity (Wildman–Crippen MR) is 156 cm³/mol. The number of ether oxygens (including phenoxy) is 2. The van der Waals surface area contributed by atoms with Gasteiger partial charge in [-0.25, -0.2) is 9.37 Å². The minimum atomic E-state index is -1.26. The number of methoxy groups -OCH3 is 1. The zero-order valence-corrected chi connectivity index (χ0v) is 23.1. The highest BCUT2D eigenvalue weighted by atomic mass is 19.1. The lowest BCUT2D eigenvalue weighted by Crippen LogP contribution is -2.39. The molecule has 3 aromatic carbocycles. The number of hydrogen-bond donors (Lipinski definition) is 2. The summed E-state index contributed by atoms with van der Waals surface area (Å²) in [4.78, 5) is 25.3. The van der Waals surface area contributed by atoms with E-state index < -0.39 is 23.5 Å². The quantitative estimate of drug-likeness (QED) is 0.236. The first-order valence-electron chi connectivity index (χ1n) is 13.8. The Labute approximate surface area is 237 Å². The molecule has 0 spiro atoms. The molecule has 4 atom stereocenters. The molecule has 210 valence electrons. The molecule has 1 saturated heterocycles. The second-order valence-electron chi connectivity index (χ2n) is 10.4. The highest BCUT2D eigenvalue weighted by Gasteiger charge is 2.43. The highest BCUT2D eigenvalue weighted by Crippen LogP contribution is 2.41. The van der Waals surface area contributed by atoms with Crippen LogP contribution in [0.25, 0.3) is 11.2 Å². The number of nitrogens with one attached hydrogen (secondary N) is 2. The van der Waals surface area contributed by atoms with E-state index in [4.69, 9.17) is 14.5 Å². The third kappa shape index (κ3) is 4.56. The summed E-state index contributed by atoms with van der Waals surface area (Å²) < 4.78 is 28.4. The van der Waals surface area contributed by atoms with Gasteiger partial charge in [0.2, 0.25) is 5.95 Å². The van der Waals surface area contributed by atoms with Crippen molar-refractivity contribution in [3.8, 4) is 5.75 Å². The van der Waals surface area contributed by atoms with E-state index in [-0.39, 0.29) is 29.1 Å². The summed E-state index contributed by atoms with van der Waals surface area (Å²) in [5.74, 6) is 0.639. The first kappa shape index (κ1) is 26.7. The molecule has 0 bridgehead atoms. The van der Waals surface area contributed by atoms with Crippen LogP contribution in [0, 0.1) is 5.92 Å². The molecule has 1 aliphatic rings. The van der Waals surface area contributed by atoms with Crippen LogP contribution in [-0.2, 0) is 10.3 Å². The molecule has 5 aromatic rings. The van der Waals surface area contributed by atoms with Crippen LogP contribution in [0.1, 0.15) is 43.2 Å². The molecule has 8 nitrogen and oxygen atoms in total. The topological polar surface area (TPSA) is 94.1 Å². The van der Waals surface area contributed by atoms with Crippen LogP contribution in [0.3, 0.4) is 0 Å². The molecular weight excluding hydrogens is 521 g/mol. The molecular formula is C32H32FN5O3. The van der Waals surface area contributed by atoms with Gasteiger partial charge in [-0.05, 0) is 35.2 Å². The SMILES string of the molecule is CC[C@H]1O[C@@H](n2cnc3c(=O)[nH]c(NC(c4ccccc4)(c4ccccc4)c4ccc(OC)cc4)nc32)[C@@H](F)[C@@H]1C. The number of aromatic nitrogens is 4. The fraction of sp³-hybridized carbons (Fsp3) is 0.281. The molecule has 2 aromatic heterocycles. The first-order chi connectivity index (χ1) is 20.0. The lowest BCUT2D eigenvalue weighted by Gasteiger charge is -2.37. The summed E-state index contributed by atoms with van der Waals surface area (Å²) in [6.45, 7) is 3.81. The molecule has 0 aliphatic carbocycles. The summed E-state index contributed by atoms with van der Waals surface area (Å²) in [5, 5.41) is 3.58. The molecule has 0 amide bonds. The molecule has 9 heteroatoms. The van der Waals surface area contributed by atoms with Gasteiger partial charge in [0, 0.05) is 5.92 Å². The molecule has 1 fully saturated rings. The van der Waals surface area contributed by atoms with Gasteiger partial charge in [0.15, 0.2) is 23.6 Å². The number of fused-ring (bicyclic) bond motifs is 1. The van der Waals surface area contributed by atoms with Crippen molar-refractivity contribution < 1.29 is 13.9 Å². The maximum absolute atomic E-state index is 15.4. The Balaban J connectivity index is 1.54. The second-order valence-corrected chi connectivity index (χ2v) is 10.4. The van der Waals surface area contributed by atoms with Crippen molar-refractivity contribution in [1.82, 2.24) is 19.5 Å². The van der Waals surface area contributed by atoms with Gasteiger partial charge >= 0.3 is 0 Å². The van der Waals surface area contributed by atoms with E-state index in [2.05, 4.69) is 15.3 Å². The fourth-order valence-electron chi connectivity index (χ4n) is 5.81. The second kappa shape index (κ2) is 10.8. The Morgan fingerprint density at radius 1 is 1.00 bits per heavy atom. The summed E-state index contributed by atoms with van der Waals surface area (Å²) >= 11 is 0. The van der Waals surface area contributed by atoms with Gasteiger partial charge in [-0.3, -0.25) is 14.3 Å². The van der Waals surface area contributed by atoms with E-state index in [9.17, 15) is 4.79 Å². The van der Waals surface area contributed by atoms with E-state index in [0.717, 1.165) is 22.4 Å². The standard InChI is InChI=1S/C32H32FN5O3/c1-4-25-20(2)26(33)30(41-25)38-19-34-27-28(38)35-31(36-29(27)39)37-32(21-11-7-5-8-12-21,22-13-9-6-10-14-22)23-15-17-24(40-3)18-16-23/h5-20,25-26,30H,4H2,1-3H3,(H2,35,36,37,39)/t20-,25-,26+,30-/m1/s1. The van der Waals surface area contributed by atoms with Gasteiger partial charge in [-0.2, -0.15) is 4.98 Å². The third-order valence-electron chi connectivity index (χ3n) is 8.03. The molecule has 6 rings (SSSR count). The minimum absolute atomic E-state index is 0.119. The van der Waals surface area contributed by atoms with Crippen molar-refractivity contribution in [3.05, 3.63) is 118 Å². The molecule has 1 aliphatic heterocycles. The van der Waals surface area contributed by atoms with Crippen LogP contribution in [0.5, 0.6) is 5.75 Å². The van der Waals surface area contributed by atoms with Gasteiger partial charge in [0.25, 0.3) is 5.56 Å². The number of halogens is 1. The maximum atomic E-state index is 15.4. The summed E-state index contributed by atoms with van der Waals surface area (Å²) in [6, 6.07) is 27.7. The molecule has 41 heavy (non-hydrogen) atoms. The Morgan fingerprint density at radius 3 is 2.17 bits per heavy atom. The molecule has 0 radical (unpaired) electrons. The molecule has 3 heterocycles. The van der Waals surface area contributed by atoms with E-state index in [1.54, 1.807) is 7.11 Å². The number of alkyl halides is 1. The van der Waals surface area contributed by atoms with Crippen molar-refractivity contribution in [2.24, 2.45) is 5.92 Å². The van der Waals surface area contributed by atoms with Crippen LogP contribution in [0.15, 0.2) is 96.1 Å². The van der Waals surface area contributed by atoms with Crippen molar-refractivity contribution in [1.29, 1.82) is 0 Å². The summed E-state index contributed by atoms with van der Waals surface area (Å²) in [6.07, 6.45) is -0.294. The summed E-state index contributed by atoms with van der Waals surface area (Å²) in [5.41, 5.74) is 1.72. The Kier molecular flexibility index (Phi) is 7.05. The normalized spacial score (nSPS) is 20.8. The van der Waals surface area contributed by atoms with Crippen molar-refractivity contribution >= 4 is 17.1 Å². The van der Waals surface area contributed by atoms with E-state index >= 15 is 4.39 Å². The number of anilines is 1. The highest BCUT2D eigenvalue weighted by molar-refractivity contribution is 5.71. The lowest BCUT2D eigenvalue weighted by atomic mass is 9.77. The number of rotatable bonds is 8. The van der Waals surface area contributed by atoms with Crippen LogP contribution in [-0.4, -0.2) is 38.9 Å². The van der Waals surface area contributed by atoms with Crippen LogP contribution in [0.2, 0.25) is 0 Å². The fourth-order valence-corrected chi connectivity index (χ4v) is 5.81. The number of benzene rings is 3. The molecule has 2 N–H and O–H groups in total. The largest absolute Gasteiger partial charge is 0.497 e. The number of H-pyrrole nitrogens is 1. The van der Waals surface area contributed by atoms with Crippen molar-refractivity contribution in [2.75, 3.05) is 12.4 Å². The number of nitrogens with zero attached hydrogens (tertiary/aromatic N) is 3. The van der Waals surface area contributed by atoms with Gasteiger partial charge in [0.05, 0.1) is 19.5 Å². The van der Waals surface area contributed by atoms with Gasteiger partial charge in [0.1, 0.15) is 11.3 Å². The summed E-state index contributed by atoms with van der Waals surface area (Å²) in [7, 11) is 1.63. The van der Waals surface area contributed by atoms with Crippen molar-refractivity contribution in [3.63, 3.8) is 0 Å². The number of imidazole rings is 1. The first-order valence-corrected chi connectivity index (χ1v) is 13.8. The average Bonchev–Trinajstić information content (AvgIpc) is 3.57. The zero-order valence-electron chi connectivity index (χ0n) is 23.1. The lowest BCUT2D eigenvalue weighted by molar-refractivity contribution is -0.0186. The average molecular weight is 554 g/mol. The Morgan fingerprint density at radius 2 is 1.61 bits per heavy atom. The predicted octanol–water partition coefficient (Wildman–Crippen LogP) is 5.81. The Bertz CT molecular complexity index is 1650. The van der Waals surface area contributed by atoms with E-state index in [1.165, 1.54) is 10.9 Å². The number of aromatic amines is 1. The van der Waals surface area contributed by atoms with Crippen LogP contribution < -0.4 is 15.6 Å². The third-order valence-corrected chi connectivity index (χ3v) is 8.03. The minimum Gasteiger partial charge on any atom is -0.497 e. The maximum Gasteiger partial charge on any atom is 0.280 e. The monoisotopic (exact) mass is 553 g/mol. The van der Waals surface area contributed by atoms with Gasteiger partial charge in [-0.1, -0.05) is 86.6 Å². The zero-order chi connectivity index (χ0) is 28.6. The Hall–Kier alpha value is -4.50. The van der Waals surface area contributed by atoms with E-state index in [1.807, 2.05) is 98.8 Å². The van der Waals surface area contributed by atoms with Crippen LogP contribution in [0.4, 0.5) is 10.3 Å². The van der Waals surface area contributed by atoms with Crippen LogP contribution >= 0.6 is 0 Å². The smallest absolute Gasteiger partial charge is 0.280 e. The van der Waals surface area contributed by atoms with Crippen molar-refractivity contribution in [2.45, 2.75) is 44.3 Å². The van der Waals surface area contributed by atoms with Gasteiger partial charge < -0.3 is 14.8 Å². The van der Waals surface area contributed by atoms with E-state index in [0.29, 0.717) is 6.42 Å². The van der Waals surface area contributed by atoms with Gasteiger partial charge in [-0.15, -0.1) is 0 Å². The molecule has 0 saturated carbocycles.